The van der Waals surface area contributed by atoms with Gasteiger partial charge < -0.3 is 16.0 Å². The highest BCUT2D eigenvalue weighted by Crippen LogP contribution is 2.31. The summed E-state index contributed by atoms with van der Waals surface area (Å²) in [4.78, 5) is 24.9. The van der Waals surface area contributed by atoms with Crippen molar-refractivity contribution in [3.05, 3.63) is 94.7 Å². The third-order valence-electron chi connectivity index (χ3n) is 6.03. The van der Waals surface area contributed by atoms with Gasteiger partial charge in [0, 0.05) is 25.8 Å². The Morgan fingerprint density at radius 3 is 2.36 bits per heavy atom. The van der Waals surface area contributed by atoms with Crippen LogP contribution in [0.15, 0.2) is 77.7 Å². The fourth-order valence-electron chi connectivity index (χ4n) is 3.96. The van der Waals surface area contributed by atoms with Crippen molar-refractivity contribution in [1.29, 1.82) is 0 Å². The van der Waals surface area contributed by atoms with Crippen molar-refractivity contribution in [3.63, 3.8) is 0 Å². The quantitative estimate of drug-likeness (QED) is 0.370. The number of hydrogen-bond donors (Lipinski definition) is 2. The lowest BCUT2D eigenvalue weighted by atomic mass is 10.0. The molecule has 9 heteroatoms. The van der Waals surface area contributed by atoms with Gasteiger partial charge in [-0.05, 0) is 55.9 Å². The second-order valence-corrected chi connectivity index (χ2v) is 8.66. The number of rotatable bonds is 8. The lowest BCUT2D eigenvalue weighted by Gasteiger charge is -2.26. The van der Waals surface area contributed by atoms with Crippen molar-refractivity contribution in [2.75, 3.05) is 31.7 Å². The van der Waals surface area contributed by atoms with Gasteiger partial charge in [0.1, 0.15) is 17.2 Å². The molecule has 0 bridgehead atoms. The van der Waals surface area contributed by atoms with Gasteiger partial charge >= 0.3 is 0 Å². The molecule has 3 N–H and O–H groups in total. The van der Waals surface area contributed by atoms with E-state index in [1.54, 1.807) is 37.5 Å². The van der Waals surface area contributed by atoms with E-state index in [1.165, 1.54) is 22.3 Å². The first-order valence-electron chi connectivity index (χ1n) is 11.4. The van der Waals surface area contributed by atoms with Gasteiger partial charge in [0.2, 0.25) is 5.95 Å². The highest BCUT2D eigenvalue weighted by atomic mass is 35.5. The highest BCUT2D eigenvalue weighted by Gasteiger charge is 2.21. The van der Waals surface area contributed by atoms with E-state index in [0.29, 0.717) is 40.7 Å². The third-order valence-corrected chi connectivity index (χ3v) is 6.03. The summed E-state index contributed by atoms with van der Waals surface area (Å²) in [6.45, 7) is 0.565. The Morgan fingerprint density at radius 1 is 1.03 bits per heavy atom. The van der Waals surface area contributed by atoms with E-state index in [-0.39, 0.29) is 29.8 Å². The summed E-state index contributed by atoms with van der Waals surface area (Å²) < 4.78 is 15.1. The van der Waals surface area contributed by atoms with Gasteiger partial charge in [0.25, 0.3) is 5.56 Å². The predicted molar refractivity (Wildman–Crippen MR) is 146 cm³/mol. The number of halogens is 2. The fraction of sp³-hybridized carbons (Fsp3) is 0.222. The van der Waals surface area contributed by atoms with E-state index in [1.807, 2.05) is 32.3 Å². The van der Waals surface area contributed by atoms with E-state index in [4.69, 9.17) is 10.7 Å². The van der Waals surface area contributed by atoms with E-state index in [9.17, 15) is 9.18 Å². The number of nitrogens with two attached hydrogens (primary N) is 1. The molecule has 0 aliphatic rings. The van der Waals surface area contributed by atoms with Crippen LogP contribution in [0.2, 0.25) is 0 Å². The Kier molecular flexibility index (Phi) is 8.79. The van der Waals surface area contributed by atoms with Crippen molar-refractivity contribution >= 4 is 24.0 Å². The molecule has 0 saturated carbocycles. The number of nitrogens with one attached hydrogen (secondary N) is 1. The van der Waals surface area contributed by atoms with Crippen LogP contribution in [0.3, 0.4) is 0 Å². The number of pyridine rings is 1. The molecule has 0 aliphatic heterocycles. The van der Waals surface area contributed by atoms with Gasteiger partial charge in [-0.25, -0.2) is 9.37 Å². The molecule has 4 rings (SSSR count). The van der Waals surface area contributed by atoms with Crippen LogP contribution in [-0.2, 0) is 13.5 Å². The standard InChI is InChI=1S/C27H29FN6O.ClH/c1-33(2)21(16-18-8-5-4-6-9-18)17-31-27-32-25(24-22(29)10-7-15-30-24)23(26(35)34(27)3)19-11-13-20(28)14-12-19;/h4-15,21H,16-17,29H2,1-3H3,(H,31,32);1H/t21-;/m0./s1. The molecule has 2 aromatic heterocycles. The largest absolute Gasteiger partial charge is 0.397 e. The fourth-order valence-corrected chi connectivity index (χ4v) is 3.96. The molecule has 0 amide bonds. The minimum Gasteiger partial charge on any atom is -0.397 e. The lowest BCUT2D eigenvalue weighted by molar-refractivity contribution is 0.303. The zero-order valence-electron chi connectivity index (χ0n) is 20.5. The van der Waals surface area contributed by atoms with Crippen LogP contribution >= 0.6 is 12.4 Å². The molecule has 0 radical (unpaired) electrons. The molecule has 2 aromatic carbocycles. The molecule has 188 valence electrons. The molecular weight excluding hydrogens is 479 g/mol. The Bertz CT molecular complexity index is 1360. The molecule has 0 spiro atoms. The first-order valence-corrected chi connectivity index (χ1v) is 11.4. The number of anilines is 2. The van der Waals surface area contributed by atoms with E-state index >= 15 is 0 Å². The van der Waals surface area contributed by atoms with Crippen LogP contribution in [0.5, 0.6) is 0 Å². The van der Waals surface area contributed by atoms with E-state index in [0.717, 1.165) is 6.42 Å². The van der Waals surface area contributed by atoms with Crippen molar-refractivity contribution in [3.8, 4) is 22.5 Å². The number of nitrogen functional groups attached to an aromatic ring is 1. The molecule has 2 heterocycles. The maximum atomic E-state index is 13.6. The summed E-state index contributed by atoms with van der Waals surface area (Å²) in [5, 5.41) is 3.35. The van der Waals surface area contributed by atoms with Crippen LogP contribution in [-0.4, -0.2) is 46.1 Å². The molecule has 0 saturated heterocycles. The average molecular weight is 509 g/mol. The van der Waals surface area contributed by atoms with Gasteiger partial charge in [-0.3, -0.25) is 14.3 Å². The minimum absolute atomic E-state index is 0. The van der Waals surface area contributed by atoms with Crippen LogP contribution < -0.4 is 16.6 Å². The summed E-state index contributed by atoms with van der Waals surface area (Å²) in [5.41, 5.74) is 9.17. The van der Waals surface area contributed by atoms with E-state index in [2.05, 4.69) is 27.3 Å². The second-order valence-electron chi connectivity index (χ2n) is 8.66. The normalized spacial score (nSPS) is 11.7. The molecule has 1 atom stereocenters. The smallest absolute Gasteiger partial charge is 0.263 e. The first kappa shape index (κ1) is 26.8. The lowest BCUT2D eigenvalue weighted by Crippen LogP contribution is -2.37. The average Bonchev–Trinajstić information content (AvgIpc) is 2.85. The monoisotopic (exact) mass is 508 g/mol. The number of benzene rings is 2. The topological polar surface area (TPSA) is 89.1 Å². The van der Waals surface area contributed by atoms with Crippen molar-refractivity contribution in [1.82, 2.24) is 19.4 Å². The van der Waals surface area contributed by atoms with Crippen molar-refractivity contribution < 1.29 is 4.39 Å². The molecule has 0 unspecified atom stereocenters. The molecule has 7 nitrogen and oxygen atoms in total. The number of hydrogen-bond acceptors (Lipinski definition) is 6. The Labute approximate surface area is 216 Å². The Balaban J connectivity index is 0.00000361. The maximum Gasteiger partial charge on any atom is 0.263 e. The van der Waals surface area contributed by atoms with Crippen molar-refractivity contribution in [2.45, 2.75) is 12.5 Å². The van der Waals surface area contributed by atoms with Gasteiger partial charge in [-0.1, -0.05) is 42.5 Å². The summed E-state index contributed by atoms with van der Waals surface area (Å²) >= 11 is 0. The molecule has 0 aliphatic carbocycles. The number of likely N-dealkylation sites (N-methyl/N-ethyl adjacent to an activating group) is 1. The number of aromatic nitrogens is 3. The van der Waals surface area contributed by atoms with Crippen LogP contribution in [0.4, 0.5) is 16.0 Å². The summed E-state index contributed by atoms with van der Waals surface area (Å²) in [6, 6.07) is 19.6. The second kappa shape index (κ2) is 11.8. The predicted octanol–water partition coefficient (Wildman–Crippen LogP) is 4.24. The summed E-state index contributed by atoms with van der Waals surface area (Å²) in [5.74, 6) is 0.0182. The molecule has 4 aromatic rings. The molecule has 36 heavy (non-hydrogen) atoms. The zero-order valence-corrected chi connectivity index (χ0v) is 21.3. The van der Waals surface area contributed by atoms with Crippen LogP contribution in [0.25, 0.3) is 22.5 Å². The van der Waals surface area contributed by atoms with Crippen LogP contribution in [0, 0.1) is 5.82 Å². The Morgan fingerprint density at radius 2 is 1.72 bits per heavy atom. The summed E-state index contributed by atoms with van der Waals surface area (Å²) in [6.07, 6.45) is 2.44. The minimum atomic E-state index is -0.385. The van der Waals surface area contributed by atoms with Crippen LogP contribution in [0.1, 0.15) is 5.56 Å². The third kappa shape index (κ3) is 5.90. The van der Waals surface area contributed by atoms with Gasteiger partial charge in [-0.15, -0.1) is 12.4 Å². The maximum absolute atomic E-state index is 13.6. The molecule has 0 fully saturated rings. The number of nitrogens with zero attached hydrogens (tertiary/aromatic N) is 4. The molecular formula is C27H30ClFN6O. The first-order chi connectivity index (χ1) is 16.8. The Hall–Kier alpha value is -3.75. The highest BCUT2D eigenvalue weighted by molar-refractivity contribution is 5.85. The van der Waals surface area contributed by atoms with Gasteiger partial charge in [0.05, 0.1) is 11.3 Å². The van der Waals surface area contributed by atoms with Crippen molar-refractivity contribution in [2.24, 2.45) is 7.05 Å². The SMILES string of the molecule is CN(C)[C@H](CNc1nc(-c2ncccc2N)c(-c2ccc(F)cc2)c(=O)n1C)Cc1ccccc1.Cl. The van der Waals surface area contributed by atoms with Gasteiger partial charge in [-0.2, -0.15) is 0 Å². The van der Waals surface area contributed by atoms with Gasteiger partial charge in [0.15, 0.2) is 0 Å². The zero-order chi connectivity index (χ0) is 24.9. The summed E-state index contributed by atoms with van der Waals surface area (Å²) in [7, 11) is 5.72. The van der Waals surface area contributed by atoms with E-state index < -0.39 is 0 Å².